The van der Waals surface area contributed by atoms with Crippen LogP contribution in [0.2, 0.25) is 0 Å². The van der Waals surface area contributed by atoms with Crippen molar-refractivity contribution in [1.29, 1.82) is 0 Å². The molecule has 2 aliphatic rings. The van der Waals surface area contributed by atoms with Crippen molar-refractivity contribution < 1.29 is 27.0 Å². The second kappa shape index (κ2) is 7.13. The van der Waals surface area contributed by atoms with Crippen molar-refractivity contribution in [2.45, 2.75) is 53.3 Å². The molecule has 8 heteroatoms. The molecule has 1 aromatic rings. The minimum atomic E-state index is -3.10. The van der Waals surface area contributed by atoms with Gasteiger partial charge in [0.15, 0.2) is 0 Å². The second-order valence-electron chi connectivity index (χ2n) is 7.74. The van der Waals surface area contributed by atoms with Crippen LogP contribution in [0.3, 0.4) is 0 Å². The van der Waals surface area contributed by atoms with Crippen molar-refractivity contribution in [3.63, 3.8) is 0 Å². The van der Waals surface area contributed by atoms with Crippen LogP contribution >= 0.6 is 0 Å². The van der Waals surface area contributed by atoms with E-state index in [1.807, 2.05) is 0 Å². The average molecular weight is 386 g/mol. The maximum Gasteiger partial charge on any atom is 0.387 e. The molecule has 2 saturated carbocycles. The van der Waals surface area contributed by atoms with Gasteiger partial charge in [0.1, 0.15) is 11.5 Å². The minimum Gasteiger partial charge on any atom is -0.435 e. The summed E-state index contributed by atoms with van der Waals surface area (Å²) in [5, 5.41) is 8.41. The van der Waals surface area contributed by atoms with E-state index in [9.17, 15) is 17.6 Å². The Kier molecular flexibility index (Phi) is 5.18. The topological polar surface area (TPSA) is 43.2 Å². The largest absolute Gasteiger partial charge is 0.435 e. The number of halogens is 4. The zero-order valence-electron chi connectivity index (χ0n) is 15.4. The molecule has 0 amide bonds. The summed E-state index contributed by atoms with van der Waals surface area (Å²) in [6, 6.07) is 3.54. The Morgan fingerprint density at radius 1 is 1.11 bits per heavy atom. The molecule has 0 heterocycles. The number of hydrogen-bond acceptors (Lipinski definition) is 4. The molecule has 0 aliphatic heterocycles. The van der Waals surface area contributed by atoms with Gasteiger partial charge in [0.05, 0.1) is 6.21 Å². The van der Waals surface area contributed by atoms with E-state index in [0.717, 1.165) is 24.6 Å². The summed E-state index contributed by atoms with van der Waals surface area (Å²) >= 11 is 0. The summed E-state index contributed by atoms with van der Waals surface area (Å²) < 4.78 is 58.5. The summed E-state index contributed by atoms with van der Waals surface area (Å²) in [4.78, 5) is 0. The molecule has 0 unspecified atom stereocenters. The predicted octanol–water partition coefficient (Wildman–Crippen LogP) is 5.51. The molecule has 2 bridgehead atoms. The van der Waals surface area contributed by atoms with Crippen LogP contribution in [-0.4, -0.2) is 25.1 Å². The molecule has 4 nitrogen and oxygen atoms in total. The molecular formula is C19H22F4N2O2. The third-order valence-electron chi connectivity index (χ3n) is 6.31. The van der Waals surface area contributed by atoms with Gasteiger partial charge in [0.2, 0.25) is 0 Å². The van der Waals surface area contributed by atoms with Crippen LogP contribution in [0.1, 0.15) is 45.6 Å². The molecule has 148 valence electrons. The summed E-state index contributed by atoms with van der Waals surface area (Å²) in [7, 11) is 0. The van der Waals surface area contributed by atoms with Crippen LogP contribution in [0.25, 0.3) is 0 Å². The predicted molar refractivity (Wildman–Crippen MR) is 94.0 cm³/mol. The van der Waals surface area contributed by atoms with Crippen molar-refractivity contribution in [1.82, 2.24) is 0 Å². The highest BCUT2D eigenvalue weighted by Gasteiger charge is 2.59. The first-order valence-corrected chi connectivity index (χ1v) is 8.77. The summed E-state index contributed by atoms with van der Waals surface area (Å²) in [6.45, 7) is 0.518. The van der Waals surface area contributed by atoms with Crippen LogP contribution in [0.5, 0.6) is 11.5 Å². The van der Waals surface area contributed by atoms with Crippen molar-refractivity contribution in [3.8, 4) is 11.5 Å². The van der Waals surface area contributed by atoms with Gasteiger partial charge in [0, 0.05) is 22.8 Å². The molecule has 0 N–H and O–H groups in total. The van der Waals surface area contributed by atoms with Crippen LogP contribution in [0.15, 0.2) is 28.4 Å². The molecule has 0 spiro atoms. The first-order valence-electron chi connectivity index (χ1n) is 8.77. The molecule has 2 fully saturated rings. The van der Waals surface area contributed by atoms with E-state index in [-0.39, 0.29) is 27.9 Å². The second-order valence-corrected chi connectivity index (χ2v) is 7.74. The molecule has 0 radical (unpaired) electrons. The number of hydrogen-bond donors (Lipinski definition) is 0. The van der Waals surface area contributed by atoms with Gasteiger partial charge in [-0.2, -0.15) is 27.8 Å². The summed E-state index contributed by atoms with van der Waals surface area (Å²) in [5.41, 5.74) is 1.34. The van der Waals surface area contributed by atoms with Gasteiger partial charge in [-0.25, -0.2) is 0 Å². The molecule has 2 aliphatic carbocycles. The highest BCUT2D eigenvalue weighted by Crippen LogP contribution is 2.64. The van der Waals surface area contributed by atoms with Crippen LogP contribution < -0.4 is 9.47 Å². The fraction of sp³-hybridized carbons (Fsp3) is 0.579. The lowest BCUT2D eigenvalue weighted by Crippen LogP contribution is -2.32. The third-order valence-corrected chi connectivity index (χ3v) is 6.31. The van der Waals surface area contributed by atoms with Gasteiger partial charge in [-0.1, -0.05) is 20.8 Å². The highest BCUT2D eigenvalue weighted by atomic mass is 19.3. The zero-order valence-corrected chi connectivity index (χ0v) is 15.4. The molecule has 3 rings (SSSR count). The van der Waals surface area contributed by atoms with Crippen molar-refractivity contribution in [2.75, 3.05) is 0 Å². The zero-order chi connectivity index (χ0) is 19.8. The summed E-state index contributed by atoms with van der Waals surface area (Å²) in [6.07, 6.45) is 4.39. The molecule has 0 aromatic heterocycles. The van der Waals surface area contributed by atoms with E-state index >= 15 is 0 Å². The van der Waals surface area contributed by atoms with Crippen molar-refractivity contribution in [3.05, 3.63) is 23.8 Å². The van der Waals surface area contributed by atoms with Gasteiger partial charge in [-0.15, -0.1) is 0 Å². The fourth-order valence-corrected chi connectivity index (χ4v) is 4.24. The smallest absolute Gasteiger partial charge is 0.387 e. The quantitative estimate of drug-likeness (QED) is 0.368. The molecule has 2 atom stereocenters. The fourth-order valence-electron chi connectivity index (χ4n) is 4.24. The number of nitrogens with zero attached hydrogens (tertiary/aromatic N) is 2. The third kappa shape index (κ3) is 3.66. The number of alkyl halides is 4. The van der Waals surface area contributed by atoms with Crippen LogP contribution in [0, 0.1) is 16.7 Å². The van der Waals surface area contributed by atoms with Gasteiger partial charge < -0.3 is 9.47 Å². The van der Waals surface area contributed by atoms with E-state index in [1.165, 1.54) is 24.8 Å². The number of rotatable bonds is 6. The maximum atomic E-state index is 12.6. The van der Waals surface area contributed by atoms with E-state index < -0.39 is 13.2 Å². The molecule has 0 saturated heterocycles. The Bertz CT molecular complexity index is 764. The van der Waals surface area contributed by atoms with E-state index in [0.29, 0.717) is 5.92 Å². The average Bonchev–Trinajstić information content (AvgIpc) is 2.89. The van der Waals surface area contributed by atoms with Crippen LogP contribution in [0.4, 0.5) is 17.6 Å². The first kappa shape index (κ1) is 19.6. The maximum absolute atomic E-state index is 12.6. The van der Waals surface area contributed by atoms with Gasteiger partial charge >= 0.3 is 13.2 Å². The Morgan fingerprint density at radius 2 is 1.81 bits per heavy atom. The molecular weight excluding hydrogens is 364 g/mol. The Labute approximate surface area is 155 Å². The molecule has 1 aromatic carbocycles. The minimum absolute atomic E-state index is 0.0216. The number of benzene rings is 1. The number of ether oxygens (including phenoxy) is 2. The van der Waals surface area contributed by atoms with Gasteiger partial charge in [0.25, 0.3) is 0 Å². The monoisotopic (exact) mass is 386 g/mol. The Morgan fingerprint density at radius 3 is 2.37 bits per heavy atom. The van der Waals surface area contributed by atoms with E-state index in [2.05, 4.69) is 40.4 Å². The first-order chi connectivity index (χ1) is 12.6. The van der Waals surface area contributed by atoms with E-state index in [1.54, 1.807) is 0 Å². The van der Waals surface area contributed by atoms with Crippen molar-refractivity contribution in [2.24, 2.45) is 27.0 Å². The SMILES string of the molecule is CC1(C)[C@@H]2CC[C@]1(C)/C(=N/N=C\c1ccc(OC(F)F)cc1OC(F)F)C2. The van der Waals surface area contributed by atoms with Gasteiger partial charge in [-0.3, -0.25) is 0 Å². The lowest BCUT2D eigenvalue weighted by molar-refractivity contribution is -0.0543. The number of fused-ring (bicyclic) bond motifs is 2. The van der Waals surface area contributed by atoms with Gasteiger partial charge in [-0.05, 0) is 42.7 Å². The standard InChI is InChI=1S/C19H22F4N2O2/c1-18(2)12-6-7-19(18,3)15(8-12)25-24-10-11-4-5-13(26-16(20)21)9-14(11)27-17(22)23/h4-5,9-10,12,16-17H,6-8H2,1-3H3/b24-10-,25-15+/t12-,19-/m1/s1. The Hall–Kier alpha value is -2.12. The van der Waals surface area contributed by atoms with Crippen molar-refractivity contribution >= 4 is 11.9 Å². The molecule has 27 heavy (non-hydrogen) atoms. The summed E-state index contributed by atoms with van der Waals surface area (Å²) in [5.74, 6) is -0.00183. The Balaban J connectivity index is 1.82. The van der Waals surface area contributed by atoms with E-state index in [4.69, 9.17) is 0 Å². The lowest BCUT2D eigenvalue weighted by atomic mass is 9.70. The lowest BCUT2D eigenvalue weighted by Gasteiger charge is -2.34. The normalized spacial score (nSPS) is 28.0. The highest BCUT2D eigenvalue weighted by molar-refractivity contribution is 5.95. The van der Waals surface area contributed by atoms with Crippen LogP contribution in [-0.2, 0) is 0 Å².